The van der Waals surface area contributed by atoms with Gasteiger partial charge >= 0.3 is 0 Å². The van der Waals surface area contributed by atoms with Gasteiger partial charge in [-0.15, -0.1) is 11.3 Å². The summed E-state index contributed by atoms with van der Waals surface area (Å²) in [5.74, 6) is 0.179. The molecule has 1 aromatic carbocycles. The van der Waals surface area contributed by atoms with Crippen molar-refractivity contribution in [1.29, 1.82) is 0 Å². The highest BCUT2D eigenvalue weighted by Gasteiger charge is 2.30. The van der Waals surface area contributed by atoms with Gasteiger partial charge in [-0.05, 0) is 42.3 Å². The lowest BCUT2D eigenvalue weighted by Gasteiger charge is -2.37. The molecule has 1 aliphatic rings. The molecular weight excluding hydrogens is 266 g/mol. The zero-order chi connectivity index (χ0) is 14.1. The molecule has 1 unspecified atom stereocenters. The van der Waals surface area contributed by atoms with Gasteiger partial charge in [0.2, 0.25) is 0 Å². The lowest BCUT2D eigenvalue weighted by Crippen LogP contribution is -2.39. The number of aryl methyl sites for hydroxylation is 1. The number of nitrogens with zero attached hydrogens (tertiary/aromatic N) is 1. The van der Waals surface area contributed by atoms with Gasteiger partial charge in [0, 0.05) is 6.54 Å². The van der Waals surface area contributed by atoms with Crippen LogP contribution in [0.1, 0.15) is 45.7 Å². The largest absolute Gasteiger partial charge is 0.331 e. The first kappa shape index (κ1) is 13.4. The molecule has 3 rings (SSSR count). The van der Waals surface area contributed by atoms with Crippen LogP contribution < -0.4 is 0 Å². The number of fused-ring (bicyclic) bond motifs is 1. The second kappa shape index (κ2) is 5.41. The Morgan fingerprint density at radius 2 is 2.25 bits per heavy atom. The van der Waals surface area contributed by atoms with E-state index in [9.17, 15) is 4.79 Å². The zero-order valence-electron chi connectivity index (χ0n) is 11.9. The van der Waals surface area contributed by atoms with Gasteiger partial charge in [-0.25, -0.2) is 0 Å². The van der Waals surface area contributed by atoms with Crippen LogP contribution in [0.4, 0.5) is 0 Å². The van der Waals surface area contributed by atoms with Crippen LogP contribution in [-0.4, -0.2) is 17.4 Å². The van der Waals surface area contributed by atoms with Crippen molar-refractivity contribution < 1.29 is 4.79 Å². The van der Waals surface area contributed by atoms with E-state index in [1.54, 1.807) is 0 Å². The van der Waals surface area contributed by atoms with Crippen LogP contribution in [-0.2, 0) is 6.42 Å². The number of carbonyl (C=O) groups excluding carboxylic acids is 1. The lowest BCUT2D eigenvalue weighted by atomic mass is 9.90. The Hall–Kier alpha value is -1.61. The molecule has 1 amide bonds. The van der Waals surface area contributed by atoms with Crippen molar-refractivity contribution in [2.75, 3.05) is 6.54 Å². The maximum Gasteiger partial charge on any atom is 0.264 e. The Morgan fingerprint density at radius 3 is 2.95 bits per heavy atom. The maximum atomic E-state index is 12.6. The molecule has 0 radical (unpaired) electrons. The molecule has 1 atom stereocenters. The molecule has 2 heterocycles. The molecular formula is C17H19NOS. The summed E-state index contributed by atoms with van der Waals surface area (Å²) in [4.78, 5) is 15.5. The third kappa shape index (κ3) is 2.27. The number of hydrogen-bond donors (Lipinski definition) is 0. The monoisotopic (exact) mass is 285 g/mol. The van der Waals surface area contributed by atoms with E-state index in [0.29, 0.717) is 0 Å². The van der Waals surface area contributed by atoms with Crippen LogP contribution in [0.3, 0.4) is 0 Å². The molecule has 2 nitrogen and oxygen atoms in total. The van der Waals surface area contributed by atoms with Gasteiger partial charge in [0.15, 0.2) is 0 Å². The van der Waals surface area contributed by atoms with Crippen molar-refractivity contribution in [2.24, 2.45) is 0 Å². The fraction of sp³-hybridized carbons (Fsp3) is 0.353. The molecule has 0 saturated heterocycles. The lowest BCUT2D eigenvalue weighted by molar-refractivity contribution is 0.0660. The van der Waals surface area contributed by atoms with E-state index in [0.717, 1.165) is 24.3 Å². The predicted octanol–water partition coefficient (Wildman–Crippen LogP) is 4.21. The third-order valence-electron chi connectivity index (χ3n) is 4.04. The van der Waals surface area contributed by atoms with E-state index in [-0.39, 0.29) is 11.9 Å². The number of carbonyl (C=O) groups is 1. The van der Waals surface area contributed by atoms with Gasteiger partial charge < -0.3 is 4.90 Å². The summed E-state index contributed by atoms with van der Waals surface area (Å²) in [6, 6.07) is 10.7. The molecule has 3 heteroatoms. The Balaban J connectivity index is 1.95. The summed E-state index contributed by atoms with van der Waals surface area (Å²) >= 11 is 1.53. The van der Waals surface area contributed by atoms with E-state index in [1.807, 2.05) is 22.4 Å². The molecule has 0 fully saturated rings. The minimum atomic E-state index is 0.179. The van der Waals surface area contributed by atoms with Crippen LogP contribution in [0, 0.1) is 6.92 Å². The number of benzene rings is 1. The van der Waals surface area contributed by atoms with E-state index in [4.69, 9.17) is 0 Å². The average molecular weight is 285 g/mol. The van der Waals surface area contributed by atoms with E-state index < -0.39 is 0 Å². The van der Waals surface area contributed by atoms with Crippen LogP contribution in [0.5, 0.6) is 0 Å². The molecule has 0 spiro atoms. The first-order valence-corrected chi connectivity index (χ1v) is 8.02. The zero-order valence-corrected chi connectivity index (χ0v) is 12.7. The molecule has 0 N–H and O–H groups in total. The molecule has 0 bridgehead atoms. The van der Waals surface area contributed by atoms with Crippen molar-refractivity contribution in [3.8, 4) is 0 Å². The van der Waals surface area contributed by atoms with Crippen LogP contribution >= 0.6 is 11.3 Å². The fourth-order valence-electron chi connectivity index (χ4n) is 3.07. The minimum Gasteiger partial charge on any atom is -0.331 e. The fourth-order valence-corrected chi connectivity index (χ4v) is 3.74. The number of amides is 1. The predicted molar refractivity (Wildman–Crippen MR) is 83.3 cm³/mol. The highest BCUT2D eigenvalue weighted by Crippen LogP contribution is 2.34. The number of rotatable bonds is 2. The van der Waals surface area contributed by atoms with Gasteiger partial charge in [-0.3, -0.25) is 4.79 Å². The molecule has 1 aliphatic heterocycles. The first-order chi connectivity index (χ1) is 9.70. The molecule has 20 heavy (non-hydrogen) atoms. The average Bonchev–Trinajstić information content (AvgIpc) is 2.99. The van der Waals surface area contributed by atoms with Gasteiger partial charge in [0.25, 0.3) is 5.91 Å². The summed E-state index contributed by atoms with van der Waals surface area (Å²) in [6.07, 6.45) is 1.93. The highest BCUT2D eigenvalue weighted by atomic mass is 32.1. The Bertz CT molecular complexity index is 618. The maximum absolute atomic E-state index is 12.6. The van der Waals surface area contributed by atoms with Crippen LogP contribution in [0.25, 0.3) is 0 Å². The summed E-state index contributed by atoms with van der Waals surface area (Å²) in [5.41, 5.74) is 4.04. The Labute approximate surface area is 124 Å². The Morgan fingerprint density at radius 1 is 1.40 bits per heavy atom. The van der Waals surface area contributed by atoms with E-state index in [2.05, 4.69) is 32.0 Å². The van der Waals surface area contributed by atoms with Crippen molar-refractivity contribution >= 4 is 17.2 Å². The van der Waals surface area contributed by atoms with Crippen molar-refractivity contribution in [1.82, 2.24) is 4.90 Å². The first-order valence-electron chi connectivity index (χ1n) is 7.14. The molecule has 2 aromatic rings. The van der Waals surface area contributed by atoms with Gasteiger partial charge in [-0.2, -0.15) is 0 Å². The minimum absolute atomic E-state index is 0.179. The number of hydrogen-bond acceptors (Lipinski definition) is 2. The summed E-state index contributed by atoms with van der Waals surface area (Å²) < 4.78 is 0. The standard InChI is InChI=1S/C17H19NOS/c1-3-15-14-7-6-12(2)11-13(14)8-9-18(15)17(19)16-5-4-10-20-16/h4-7,10-11,15H,3,8-9H2,1-2H3. The topological polar surface area (TPSA) is 20.3 Å². The second-order valence-corrected chi connectivity index (χ2v) is 6.30. The molecule has 0 saturated carbocycles. The van der Waals surface area contributed by atoms with E-state index >= 15 is 0 Å². The highest BCUT2D eigenvalue weighted by molar-refractivity contribution is 7.12. The van der Waals surface area contributed by atoms with Crippen molar-refractivity contribution in [2.45, 2.75) is 32.7 Å². The normalized spacial score (nSPS) is 17.9. The summed E-state index contributed by atoms with van der Waals surface area (Å²) in [5, 5.41) is 1.97. The third-order valence-corrected chi connectivity index (χ3v) is 4.89. The quantitative estimate of drug-likeness (QED) is 0.809. The van der Waals surface area contributed by atoms with Crippen LogP contribution in [0.15, 0.2) is 35.7 Å². The molecule has 0 aliphatic carbocycles. The Kier molecular flexibility index (Phi) is 3.62. The second-order valence-electron chi connectivity index (χ2n) is 5.35. The van der Waals surface area contributed by atoms with Crippen molar-refractivity contribution in [3.63, 3.8) is 0 Å². The summed E-state index contributed by atoms with van der Waals surface area (Å²) in [7, 11) is 0. The van der Waals surface area contributed by atoms with Gasteiger partial charge in [0.1, 0.15) is 0 Å². The van der Waals surface area contributed by atoms with Gasteiger partial charge in [0.05, 0.1) is 10.9 Å². The van der Waals surface area contributed by atoms with Crippen LogP contribution in [0.2, 0.25) is 0 Å². The summed E-state index contributed by atoms with van der Waals surface area (Å²) in [6.45, 7) is 5.12. The SMILES string of the molecule is CCC1c2ccc(C)cc2CCN1C(=O)c1cccs1. The van der Waals surface area contributed by atoms with Crippen molar-refractivity contribution in [3.05, 3.63) is 57.3 Å². The number of thiophene rings is 1. The smallest absolute Gasteiger partial charge is 0.264 e. The molecule has 104 valence electrons. The molecule has 1 aromatic heterocycles. The van der Waals surface area contributed by atoms with E-state index in [1.165, 1.54) is 28.0 Å². The van der Waals surface area contributed by atoms with Gasteiger partial charge in [-0.1, -0.05) is 36.8 Å².